The molecule has 0 aromatic heterocycles. The highest BCUT2D eigenvalue weighted by molar-refractivity contribution is 7.89. The minimum Gasteiger partial charge on any atom is -0.394 e. The summed E-state index contributed by atoms with van der Waals surface area (Å²) < 4.78 is 63.6. The first-order valence-electron chi connectivity index (χ1n) is 17.1. The number of sulfonamides is 1. The van der Waals surface area contributed by atoms with E-state index in [1.807, 2.05) is 0 Å². The lowest BCUT2D eigenvalue weighted by Gasteiger charge is -2.46. The maximum Gasteiger partial charge on any atom is 0.213 e. The molecule has 3 saturated heterocycles. The molecule has 4 aliphatic rings. The van der Waals surface area contributed by atoms with Crippen molar-refractivity contribution in [3.05, 3.63) is 0 Å². The van der Waals surface area contributed by atoms with Crippen molar-refractivity contribution in [2.75, 3.05) is 45.1 Å². The van der Waals surface area contributed by atoms with Crippen molar-refractivity contribution < 1.29 is 62.4 Å². The monoisotopic (exact) mass is 746 g/mol. The highest BCUT2D eigenvalue weighted by Gasteiger charge is 2.54. The second-order valence-corrected chi connectivity index (χ2v) is 15.2. The summed E-state index contributed by atoms with van der Waals surface area (Å²) in [5.41, 5.74) is 35.7. The van der Waals surface area contributed by atoms with Crippen LogP contribution >= 0.6 is 0 Å². The highest BCUT2D eigenvalue weighted by atomic mass is 32.2. The summed E-state index contributed by atoms with van der Waals surface area (Å²) in [5.74, 6) is -0.411. The molecule has 0 unspecified atom stereocenters. The number of hydrogen-bond donors (Lipinski definition) is 13. The van der Waals surface area contributed by atoms with Crippen molar-refractivity contribution in [1.29, 1.82) is 0 Å². The summed E-state index contributed by atoms with van der Waals surface area (Å²) in [4.78, 5) is 0. The van der Waals surface area contributed by atoms with Gasteiger partial charge < -0.3 is 93.7 Å². The van der Waals surface area contributed by atoms with Crippen molar-refractivity contribution in [2.45, 2.75) is 130 Å². The quantitative estimate of drug-likeness (QED) is 0.0614. The number of nitrogens with two attached hydrogens (primary N) is 6. The summed E-state index contributed by atoms with van der Waals surface area (Å²) in [7, 11) is -3.93. The van der Waals surface area contributed by atoms with Crippen LogP contribution in [0.25, 0.3) is 0 Å². The van der Waals surface area contributed by atoms with E-state index in [1.54, 1.807) is 0 Å². The molecule has 0 aromatic carbocycles. The first-order chi connectivity index (χ1) is 23.7. The van der Waals surface area contributed by atoms with Gasteiger partial charge in [0.2, 0.25) is 10.0 Å². The van der Waals surface area contributed by atoms with E-state index < -0.39 is 120 Å². The molecule has 1 aliphatic carbocycles. The second kappa shape index (κ2) is 19.0. The number of nitrogens with one attached hydrogen (secondary N) is 2. The molecule has 0 bridgehead atoms. The van der Waals surface area contributed by atoms with Crippen LogP contribution in [0.1, 0.15) is 25.7 Å². The van der Waals surface area contributed by atoms with E-state index in [2.05, 4.69) is 10.0 Å². The van der Waals surface area contributed by atoms with E-state index in [9.17, 15) is 34.0 Å². The molecule has 21 nitrogen and oxygen atoms in total. The summed E-state index contributed by atoms with van der Waals surface area (Å²) in [6.45, 7) is 0.729. The van der Waals surface area contributed by atoms with Crippen molar-refractivity contribution >= 4 is 10.0 Å². The molecule has 17 atom stereocenters. The SMILES string of the molecule is NCCCNC[C@@H]1CC[C@@H](N)[C@@H](O[C@H]2[C@H](O[C@@H]3O[C@H](CO)[C@@H](O[C@H]4O[C@@H](CN)[C@@H](O)[C@H](O)[C@H]4N)[C@H]3O)[C@@H](O)[C@H](NS(=O)(=O)CCN)C[C@@H]2N)O1. The summed E-state index contributed by atoms with van der Waals surface area (Å²) in [6.07, 6.45) is -14.6. The van der Waals surface area contributed by atoms with Crippen LogP contribution in [0.15, 0.2) is 0 Å². The normalized spacial score (nSPS) is 44.4. The van der Waals surface area contributed by atoms with Gasteiger partial charge in [0.1, 0.15) is 48.8 Å². The van der Waals surface area contributed by atoms with Crippen LogP contribution in [0.4, 0.5) is 0 Å². The zero-order chi connectivity index (χ0) is 36.7. The third-order valence-electron chi connectivity index (χ3n) is 9.49. The highest BCUT2D eigenvalue weighted by Crippen LogP contribution is 2.34. The molecule has 22 heteroatoms. The van der Waals surface area contributed by atoms with E-state index >= 15 is 0 Å². The molecule has 50 heavy (non-hydrogen) atoms. The number of hydrogen-bond acceptors (Lipinski definition) is 20. The minimum absolute atomic E-state index is 0.0754. The first-order valence-corrected chi connectivity index (χ1v) is 18.7. The number of ether oxygens (including phenoxy) is 6. The molecular weight excluding hydrogens is 688 g/mol. The summed E-state index contributed by atoms with van der Waals surface area (Å²) in [6, 6.07) is -3.93. The Balaban J connectivity index is 1.53. The van der Waals surface area contributed by atoms with Gasteiger partial charge in [-0.2, -0.15) is 0 Å². The lowest BCUT2D eigenvalue weighted by atomic mass is 9.84. The molecule has 294 valence electrons. The Bertz CT molecular complexity index is 1140. The zero-order valence-corrected chi connectivity index (χ0v) is 28.8. The lowest BCUT2D eigenvalue weighted by Crippen LogP contribution is -2.67. The zero-order valence-electron chi connectivity index (χ0n) is 28.0. The summed E-state index contributed by atoms with van der Waals surface area (Å²) in [5, 5.41) is 57.0. The second-order valence-electron chi connectivity index (χ2n) is 13.3. The van der Waals surface area contributed by atoms with Crippen LogP contribution < -0.4 is 44.4 Å². The van der Waals surface area contributed by atoms with Crippen molar-refractivity contribution in [2.24, 2.45) is 34.4 Å². The van der Waals surface area contributed by atoms with Crippen LogP contribution in [0, 0.1) is 0 Å². The Morgan fingerprint density at radius 3 is 2.08 bits per heavy atom. The van der Waals surface area contributed by atoms with E-state index in [0.29, 0.717) is 32.5 Å². The average molecular weight is 747 g/mol. The Morgan fingerprint density at radius 1 is 0.740 bits per heavy atom. The van der Waals surface area contributed by atoms with E-state index in [-0.39, 0.29) is 25.6 Å². The smallest absolute Gasteiger partial charge is 0.213 e. The van der Waals surface area contributed by atoms with Gasteiger partial charge in [0.05, 0.1) is 42.7 Å². The lowest BCUT2D eigenvalue weighted by molar-refractivity contribution is -0.289. The molecule has 3 heterocycles. The van der Waals surface area contributed by atoms with Crippen LogP contribution in [-0.2, 0) is 38.4 Å². The molecule has 19 N–H and O–H groups in total. The summed E-state index contributed by atoms with van der Waals surface area (Å²) >= 11 is 0. The Labute approximate surface area is 291 Å². The van der Waals surface area contributed by atoms with Gasteiger partial charge in [-0.05, 0) is 38.8 Å². The number of rotatable bonds is 17. The van der Waals surface area contributed by atoms with Crippen LogP contribution in [-0.4, -0.2) is 183 Å². The van der Waals surface area contributed by atoms with Gasteiger partial charge >= 0.3 is 0 Å². The molecule has 0 amide bonds. The molecule has 0 aromatic rings. The van der Waals surface area contributed by atoms with Gasteiger partial charge in [-0.25, -0.2) is 13.1 Å². The third-order valence-corrected chi connectivity index (χ3v) is 10.9. The van der Waals surface area contributed by atoms with Crippen LogP contribution in [0.2, 0.25) is 0 Å². The van der Waals surface area contributed by atoms with Crippen molar-refractivity contribution in [1.82, 2.24) is 10.0 Å². The number of aliphatic hydroxyl groups is 5. The van der Waals surface area contributed by atoms with E-state index in [4.69, 9.17) is 62.8 Å². The minimum atomic E-state index is -3.93. The molecule has 0 spiro atoms. The van der Waals surface area contributed by atoms with E-state index in [1.165, 1.54) is 0 Å². The fraction of sp³-hybridized carbons (Fsp3) is 1.00. The number of aliphatic hydroxyl groups excluding tert-OH is 5. The van der Waals surface area contributed by atoms with Crippen molar-refractivity contribution in [3.8, 4) is 0 Å². The fourth-order valence-electron chi connectivity index (χ4n) is 6.65. The van der Waals surface area contributed by atoms with Gasteiger partial charge in [0.15, 0.2) is 18.9 Å². The fourth-order valence-corrected chi connectivity index (χ4v) is 7.77. The van der Waals surface area contributed by atoms with Gasteiger partial charge in [0.25, 0.3) is 0 Å². The Hall–Kier alpha value is -0.810. The van der Waals surface area contributed by atoms with E-state index in [0.717, 1.165) is 6.42 Å². The molecular formula is C28H58N8O13S. The molecule has 3 aliphatic heterocycles. The van der Waals surface area contributed by atoms with Crippen LogP contribution in [0.5, 0.6) is 0 Å². The molecule has 4 fully saturated rings. The maximum atomic E-state index is 12.7. The van der Waals surface area contributed by atoms with Gasteiger partial charge in [-0.15, -0.1) is 0 Å². The van der Waals surface area contributed by atoms with Gasteiger partial charge in [-0.3, -0.25) is 0 Å². The molecule has 1 saturated carbocycles. The Morgan fingerprint density at radius 2 is 1.42 bits per heavy atom. The first kappa shape index (κ1) is 41.9. The predicted octanol–water partition coefficient (Wildman–Crippen LogP) is -7.94. The predicted molar refractivity (Wildman–Crippen MR) is 175 cm³/mol. The maximum absolute atomic E-state index is 12.7. The topological polar surface area (TPSA) is 371 Å². The molecule has 4 rings (SSSR count). The third kappa shape index (κ3) is 10.2. The largest absolute Gasteiger partial charge is 0.394 e. The molecule has 0 radical (unpaired) electrons. The van der Waals surface area contributed by atoms with Gasteiger partial charge in [-0.1, -0.05) is 0 Å². The average Bonchev–Trinajstić information content (AvgIpc) is 3.37. The van der Waals surface area contributed by atoms with Crippen LogP contribution in [0.3, 0.4) is 0 Å². The standard InChI is InChI=1S/C28H58N8O13S/c29-4-1-6-35-10-12-2-3-13(32)26(44-12)47-23-14(33)8-15(36-50(42,43)7-5-30)19(38)25(23)49-28-22(41)24(17(11-37)46-28)48-27-18(34)21(40)20(39)16(9-31)45-27/h12-28,35-41H,1-11,29-34H2/t12-,13+,14-,15+,16-,17+,18+,19-,20+,21+,22+,23+,24+,25+,26+,27+,28-/m0/s1. The van der Waals surface area contributed by atoms with Gasteiger partial charge in [0, 0.05) is 25.7 Å². The Kier molecular flexibility index (Phi) is 15.9. The van der Waals surface area contributed by atoms with Crippen molar-refractivity contribution in [3.63, 3.8) is 0 Å².